The highest BCUT2D eigenvalue weighted by Crippen LogP contribution is 2.24. The number of carbonyl (C=O) groups is 2. The van der Waals surface area contributed by atoms with Crippen molar-refractivity contribution in [1.29, 1.82) is 0 Å². The fourth-order valence-electron chi connectivity index (χ4n) is 1.05. The van der Waals surface area contributed by atoms with Gasteiger partial charge in [-0.3, -0.25) is 9.59 Å². The molecule has 11 heavy (non-hydrogen) atoms. The molecule has 1 amide bonds. The van der Waals surface area contributed by atoms with Crippen molar-refractivity contribution in [2.24, 2.45) is 0 Å². The zero-order valence-corrected chi connectivity index (χ0v) is 5.47. The molecule has 1 aromatic heterocycles. The van der Waals surface area contributed by atoms with E-state index >= 15 is 0 Å². The Labute approximate surface area is 61.6 Å². The standard InChI is InChI=1S/C6H5N3O2/c7-3-1-2-4(9-3)5(10)6(11)8-2/h1,9H,7H2,(H,8,10,11). The average Bonchev–Trinajstić information content (AvgIpc) is 2.37. The number of nitrogens with two attached hydrogens (primary N) is 1. The molecule has 4 N–H and O–H groups in total. The molecular formula is C6H5N3O2. The molecule has 0 spiro atoms. The number of ketones is 1. The highest BCUT2D eigenvalue weighted by atomic mass is 16.2. The van der Waals surface area contributed by atoms with E-state index in [0.717, 1.165) is 0 Å². The highest BCUT2D eigenvalue weighted by Gasteiger charge is 2.29. The molecule has 0 saturated heterocycles. The number of hydrogen-bond acceptors (Lipinski definition) is 3. The van der Waals surface area contributed by atoms with Gasteiger partial charge in [-0.05, 0) is 0 Å². The van der Waals surface area contributed by atoms with E-state index in [-0.39, 0.29) is 5.69 Å². The molecule has 2 heterocycles. The third-order valence-electron chi connectivity index (χ3n) is 1.52. The number of fused-ring (bicyclic) bond motifs is 1. The number of nitrogen functional groups attached to an aromatic ring is 1. The van der Waals surface area contributed by atoms with Crippen molar-refractivity contribution < 1.29 is 9.59 Å². The van der Waals surface area contributed by atoms with Crippen molar-refractivity contribution >= 4 is 23.2 Å². The lowest BCUT2D eigenvalue weighted by molar-refractivity contribution is -0.112. The topological polar surface area (TPSA) is 88.0 Å². The number of anilines is 2. The predicted octanol–water partition coefficient (Wildman–Crippen LogP) is -0.268. The number of rotatable bonds is 0. The van der Waals surface area contributed by atoms with Crippen LogP contribution in [0.3, 0.4) is 0 Å². The molecule has 0 saturated carbocycles. The van der Waals surface area contributed by atoms with Crippen LogP contribution >= 0.6 is 0 Å². The van der Waals surface area contributed by atoms with E-state index in [1.807, 2.05) is 0 Å². The van der Waals surface area contributed by atoms with Gasteiger partial charge in [0.2, 0.25) is 0 Å². The summed E-state index contributed by atoms with van der Waals surface area (Å²) in [6.07, 6.45) is 0. The molecule has 1 aliphatic rings. The van der Waals surface area contributed by atoms with Crippen LogP contribution in [0.15, 0.2) is 6.07 Å². The lowest BCUT2D eigenvalue weighted by atomic mass is 10.3. The second kappa shape index (κ2) is 1.63. The third kappa shape index (κ3) is 0.644. The first kappa shape index (κ1) is 5.96. The second-order valence-corrected chi connectivity index (χ2v) is 2.30. The van der Waals surface area contributed by atoms with Gasteiger partial charge in [0.15, 0.2) is 0 Å². The molecule has 5 nitrogen and oxygen atoms in total. The summed E-state index contributed by atoms with van der Waals surface area (Å²) in [6, 6.07) is 1.51. The lowest BCUT2D eigenvalue weighted by Gasteiger charge is -1.86. The molecular weight excluding hydrogens is 146 g/mol. The normalized spacial score (nSPS) is 14.9. The van der Waals surface area contributed by atoms with Crippen LogP contribution in [-0.4, -0.2) is 16.7 Å². The predicted molar refractivity (Wildman–Crippen MR) is 38.2 cm³/mol. The number of aromatic amines is 1. The molecule has 56 valence electrons. The Bertz CT molecular complexity index is 353. The second-order valence-electron chi connectivity index (χ2n) is 2.30. The van der Waals surface area contributed by atoms with Gasteiger partial charge in [0, 0.05) is 6.07 Å². The third-order valence-corrected chi connectivity index (χ3v) is 1.52. The van der Waals surface area contributed by atoms with Crippen molar-refractivity contribution in [3.05, 3.63) is 11.8 Å². The number of H-pyrrole nitrogens is 1. The molecule has 0 aliphatic carbocycles. The van der Waals surface area contributed by atoms with E-state index in [0.29, 0.717) is 11.5 Å². The van der Waals surface area contributed by atoms with Gasteiger partial charge in [-0.1, -0.05) is 0 Å². The smallest absolute Gasteiger partial charge is 0.298 e. The summed E-state index contributed by atoms with van der Waals surface area (Å²) in [5.41, 5.74) is 6.06. The van der Waals surface area contributed by atoms with Crippen LogP contribution in [-0.2, 0) is 4.79 Å². The van der Waals surface area contributed by atoms with Crippen LogP contribution in [0.2, 0.25) is 0 Å². The Morgan fingerprint density at radius 2 is 2.09 bits per heavy atom. The minimum absolute atomic E-state index is 0.257. The van der Waals surface area contributed by atoms with E-state index in [9.17, 15) is 9.59 Å². The monoisotopic (exact) mass is 151 g/mol. The minimum atomic E-state index is -0.605. The Morgan fingerprint density at radius 3 is 2.73 bits per heavy atom. The summed E-state index contributed by atoms with van der Waals surface area (Å²) in [4.78, 5) is 24.2. The summed E-state index contributed by atoms with van der Waals surface area (Å²) in [5, 5.41) is 2.37. The molecule has 1 aliphatic heterocycles. The van der Waals surface area contributed by atoms with Crippen LogP contribution in [0, 0.1) is 0 Å². The number of carbonyl (C=O) groups excluding carboxylic acids is 2. The number of aromatic nitrogens is 1. The number of Topliss-reactive ketones (excluding diaryl/α,β-unsaturated/α-hetero) is 1. The van der Waals surface area contributed by atoms with Crippen molar-refractivity contribution in [2.45, 2.75) is 0 Å². The van der Waals surface area contributed by atoms with Crippen LogP contribution in [0.1, 0.15) is 10.5 Å². The van der Waals surface area contributed by atoms with Gasteiger partial charge in [0.05, 0.1) is 5.69 Å². The molecule has 0 unspecified atom stereocenters. The van der Waals surface area contributed by atoms with E-state index in [1.165, 1.54) is 6.07 Å². The Balaban J connectivity index is 2.60. The van der Waals surface area contributed by atoms with Gasteiger partial charge < -0.3 is 16.0 Å². The summed E-state index contributed by atoms with van der Waals surface area (Å²) in [5.74, 6) is -0.786. The summed E-state index contributed by atoms with van der Waals surface area (Å²) in [7, 11) is 0. The van der Waals surface area contributed by atoms with Gasteiger partial charge >= 0.3 is 0 Å². The van der Waals surface area contributed by atoms with Crippen molar-refractivity contribution in [2.75, 3.05) is 11.1 Å². The molecule has 0 atom stereocenters. The molecule has 0 radical (unpaired) electrons. The van der Waals surface area contributed by atoms with Gasteiger partial charge in [0.25, 0.3) is 11.7 Å². The number of hydrogen-bond donors (Lipinski definition) is 3. The Morgan fingerprint density at radius 1 is 1.36 bits per heavy atom. The zero-order chi connectivity index (χ0) is 8.01. The molecule has 0 fully saturated rings. The summed E-state index contributed by atoms with van der Waals surface area (Å²) < 4.78 is 0. The fraction of sp³-hybridized carbons (Fsp3) is 0. The maximum Gasteiger partial charge on any atom is 0.298 e. The summed E-state index contributed by atoms with van der Waals surface area (Å²) in [6.45, 7) is 0. The van der Waals surface area contributed by atoms with E-state index < -0.39 is 11.7 Å². The number of nitrogens with one attached hydrogen (secondary N) is 2. The number of amides is 1. The average molecular weight is 151 g/mol. The van der Waals surface area contributed by atoms with E-state index in [4.69, 9.17) is 5.73 Å². The SMILES string of the molecule is Nc1cc2c([nH]1)C(=O)C(=O)N2. The van der Waals surface area contributed by atoms with Gasteiger partial charge in [-0.25, -0.2) is 0 Å². The molecule has 5 heteroatoms. The van der Waals surface area contributed by atoms with Gasteiger partial charge in [-0.15, -0.1) is 0 Å². The van der Waals surface area contributed by atoms with Gasteiger partial charge in [0.1, 0.15) is 11.5 Å². The van der Waals surface area contributed by atoms with E-state index in [2.05, 4.69) is 10.3 Å². The molecule has 2 rings (SSSR count). The molecule has 0 bridgehead atoms. The van der Waals surface area contributed by atoms with E-state index in [1.54, 1.807) is 0 Å². The quantitative estimate of drug-likeness (QED) is 0.446. The van der Waals surface area contributed by atoms with Crippen molar-refractivity contribution in [1.82, 2.24) is 4.98 Å². The van der Waals surface area contributed by atoms with Crippen LogP contribution in [0.25, 0.3) is 0 Å². The van der Waals surface area contributed by atoms with Crippen LogP contribution < -0.4 is 11.1 Å². The first-order chi connectivity index (χ1) is 5.18. The largest absolute Gasteiger partial charge is 0.385 e. The van der Waals surface area contributed by atoms with Crippen molar-refractivity contribution in [3.63, 3.8) is 0 Å². The minimum Gasteiger partial charge on any atom is -0.385 e. The van der Waals surface area contributed by atoms with Gasteiger partial charge in [-0.2, -0.15) is 0 Å². The Hall–Kier alpha value is -1.78. The lowest BCUT2D eigenvalue weighted by Crippen LogP contribution is -2.13. The molecule has 1 aromatic rings. The molecule has 0 aromatic carbocycles. The maximum absolute atomic E-state index is 10.9. The first-order valence-corrected chi connectivity index (χ1v) is 3.02. The van der Waals surface area contributed by atoms with Crippen molar-refractivity contribution in [3.8, 4) is 0 Å². The highest BCUT2D eigenvalue weighted by molar-refractivity contribution is 6.51. The van der Waals surface area contributed by atoms with Crippen LogP contribution in [0.5, 0.6) is 0 Å². The zero-order valence-electron chi connectivity index (χ0n) is 5.47. The maximum atomic E-state index is 10.9. The fourth-order valence-corrected chi connectivity index (χ4v) is 1.05. The first-order valence-electron chi connectivity index (χ1n) is 3.02. The summed E-state index contributed by atoms with van der Waals surface area (Å²) >= 11 is 0. The Kier molecular flexibility index (Phi) is 0.883. The van der Waals surface area contributed by atoms with Crippen LogP contribution in [0.4, 0.5) is 11.5 Å².